The van der Waals surface area contributed by atoms with E-state index in [1.165, 1.54) is 13.1 Å². The largest absolute Gasteiger partial charge is 0.273 e. The first-order valence-electron chi connectivity index (χ1n) is 3.12. The van der Waals surface area contributed by atoms with Crippen LogP contribution in [0.1, 0.15) is 23.0 Å². The number of hydrogen-bond donors (Lipinski definition) is 0. The Labute approximate surface area is 64.1 Å². The third-order valence-electron chi connectivity index (χ3n) is 1.36. The van der Waals surface area contributed by atoms with E-state index in [1.54, 1.807) is 6.92 Å². The van der Waals surface area contributed by atoms with E-state index >= 15 is 0 Å². The summed E-state index contributed by atoms with van der Waals surface area (Å²) in [4.78, 5) is 10.8. The average Bonchev–Trinajstić information content (AvgIpc) is 2.30. The first-order valence-corrected chi connectivity index (χ1v) is 3.12. The Morgan fingerprint density at radius 2 is 2.45 bits per heavy atom. The number of hydrogen-bond acceptors (Lipinski definition) is 3. The van der Waals surface area contributed by atoms with Crippen molar-refractivity contribution >= 4 is 5.91 Å². The minimum atomic E-state index is -0.241. The highest BCUT2D eigenvalue weighted by Gasteiger charge is 2.08. The number of nitriles is 1. The Balaban J connectivity index is 3.30. The van der Waals surface area contributed by atoms with Crippen molar-refractivity contribution in [3.8, 4) is 6.07 Å². The molecule has 1 heterocycles. The fraction of sp³-hybridized carbons (Fsp3) is 0.286. The van der Waals surface area contributed by atoms with Crippen LogP contribution in [0, 0.1) is 18.3 Å². The van der Waals surface area contributed by atoms with Gasteiger partial charge in [0.1, 0.15) is 11.8 Å². The third-order valence-corrected chi connectivity index (χ3v) is 1.36. The molecule has 0 radical (unpaired) electrons. The summed E-state index contributed by atoms with van der Waals surface area (Å²) in [5.41, 5.74) is 1.04. The number of aryl methyl sites for hydroxylation is 1. The monoisotopic (exact) mass is 149 g/mol. The molecule has 0 fully saturated rings. The zero-order valence-corrected chi connectivity index (χ0v) is 6.33. The van der Waals surface area contributed by atoms with Crippen LogP contribution in [0.4, 0.5) is 0 Å². The lowest BCUT2D eigenvalue weighted by molar-refractivity contribution is 0.0920. The van der Waals surface area contributed by atoms with E-state index in [4.69, 9.17) is 5.26 Å². The predicted molar refractivity (Wildman–Crippen MR) is 38.0 cm³/mol. The van der Waals surface area contributed by atoms with Gasteiger partial charge in [-0.1, -0.05) is 0 Å². The van der Waals surface area contributed by atoms with Crippen LogP contribution in [0.5, 0.6) is 0 Å². The van der Waals surface area contributed by atoms with Gasteiger partial charge in [-0.05, 0) is 6.92 Å². The number of aromatic nitrogens is 2. The molecule has 1 rings (SSSR count). The highest BCUT2D eigenvalue weighted by Crippen LogP contribution is 2.03. The summed E-state index contributed by atoms with van der Waals surface area (Å²) in [6.45, 7) is 3.11. The van der Waals surface area contributed by atoms with E-state index in [9.17, 15) is 4.79 Å². The van der Waals surface area contributed by atoms with Crippen LogP contribution in [-0.4, -0.2) is 15.7 Å². The van der Waals surface area contributed by atoms with Crippen LogP contribution < -0.4 is 0 Å². The van der Waals surface area contributed by atoms with E-state index < -0.39 is 0 Å². The van der Waals surface area contributed by atoms with Crippen molar-refractivity contribution in [2.75, 3.05) is 0 Å². The van der Waals surface area contributed by atoms with Gasteiger partial charge in [-0.25, -0.2) is 0 Å². The molecule has 0 aromatic carbocycles. The van der Waals surface area contributed by atoms with Crippen molar-refractivity contribution in [2.24, 2.45) is 0 Å². The van der Waals surface area contributed by atoms with Gasteiger partial charge in [0, 0.05) is 12.5 Å². The molecule has 1 aromatic rings. The maximum atomic E-state index is 10.8. The zero-order valence-electron chi connectivity index (χ0n) is 6.33. The van der Waals surface area contributed by atoms with Crippen LogP contribution in [0.2, 0.25) is 0 Å². The highest BCUT2D eigenvalue weighted by molar-refractivity contribution is 5.76. The number of carbonyl (C=O) groups is 1. The van der Waals surface area contributed by atoms with Crippen molar-refractivity contribution < 1.29 is 4.79 Å². The normalized spacial score (nSPS) is 9.18. The zero-order chi connectivity index (χ0) is 8.43. The Hall–Kier alpha value is -1.63. The van der Waals surface area contributed by atoms with Crippen LogP contribution >= 0.6 is 0 Å². The fourth-order valence-electron chi connectivity index (χ4n) is 0.805. The quantitative estimate of drug-likeness (QED) is 0.546. The molecule has 0 aliphatic carbocycles. The molecule has 0 N–H and O–H groups in total. The van der Waals surface area contributed by atoms with Crippen LogP contribution in [0.15, 0.2) is 6.20 Å². The van der Waals surface area contributed by atoms with Gasteiger partial charge in [-0.3, -0.25) is 4.79 Å². The first-order chi connectivity index (χ1) is 5.16. The van der Waals surface area contributed by atoms with Crippen LogP contribution in [-0.2, 0) is 0 Å². The van der Waals surface area contributed by atoms with Gasteiger partial charge in [0.05, 0.1) is 6.20 Å². The van der Waals surface area contributed by atoms with Crippen molar-refractivity contribution in [1.82, 2.24) is 9.78 Å². The standard InChI is InChI=1S/C7H7N3O/c1-5-4-9-10(6(2)11)7(5)3-8/h4H,1-2H3. The second-order valence-corrected chi connectivity index (χ2v) is 2.22. The Bertz CT molecular complexity index is 332. The topological polar surface area (TPSA) is 58.7 Å². The summed E-state index contributed by atoms with van der Waals surface area (Å²) in [5.74, 6) is -0.241. The SMILES string of the molecule is CC(=O)n1ncc(C)c1C#N. The molecule has 11 heavy (non-hydrogen) atoms. The minimum absolute atomic E-state index is 0.241. The molecule has 4 heteroatoms. The van der Waals surface area contributed by atoms with Crippen molar-refractivity contribution in [2.45, 2.75) is 13.8 Å². The van der Waals surface area contributed by atoms with Gasteiger partial charge >= 0.3 is 0 Å². The van der Waals surface area contributed by atoms with Gasteiger partial charge in [0.25, 0.3) is 0 Å². The summed E-state index contributed by atoms with van der Waals surface area (Å²) in [7, 11) is 0. The molecular formula is C7H7N3O. The lowest BCUT2D eigenvalue weighted by Crippen LogP contribution is -2.09. The summed E-state index contributed by atoms with van der Waals surface area (Å²) >= 11 is 0. The lowest BCUT2D eigenvalue weighted by Gasteiger charge is -1.93. The molecule has 0 aliphatic rings. The maximum Gasteiger partial charge on any atom is 0.244 e. The average molecular weight is 149 g/mol. The van der Waals surface area contributed by atoms with Gasteiger partial charge in [0.2, 0.25) is 5.91 Å². The third kappa shape index (κ3) is 1.13. The highest BCUT2D eigenvalue weighted by atomic mass is 16.2. The Morgan fingerprint density at radius 3 is 2.82 bits per heavy atom. The fourth-order valence-corrected chi connectivity index (χ4v) is 0.805. The van der Waals surface area contributed by atoms with E-state index in [1.807, 2.05) is 6.07 Å². The molecule has 4 nitrogen and oxygen atoms in total. The number of rotatable bonds is 0. The lowest BCUT2D eigenvalue weighted by atomic mass is 10.3. The molecule has 1 aromatic heterocycles. The van der Waals surface area contributed by atoms with Crippen molar-refractivity contribution in [3.05, 3.63) is 17.5 Å². The Morgan fingerprint density at radius 1 is 1.82 bits per heavy atom. The molecule has 0 bridgehead atoms. The van der Waals surface area contributed by atoms with E-state index in [2.05, 4.69) is 5.10 Å². The molecule has 0 saturated heterocycles. The van der Waals surface area contributed by atoms with E-state index in [-0.39, 0.29) is 5.91 Å². The summed E-state index contributed by atoms with van der Waals surface area (Å²) < 4.78 is 1.09. The van der Waals surface area contributed by atoms with E-state index in [0.717, 1.165) is 10.2 Å². The van der Waals surface area contributed by atoms with Crippen LogP contribution in [0.25, 0.3) is 0 Å². The van der Waals surface area contributed by atoms with E-state index in [0.29, 0.717) is 5.69 Å². The molecule has 0 saturated carbocycles. The summed E-state index contributed by atoms with van der Waals surface area (Å²) in [6, 6.07) is 1.90. The smallest absolute Gasteiger partial charge is 0.244 e. The predicted octanol–water partition coefficient (Wildman–Crippen LogP) is 0.723. The molecular weight excluding hydrogens is 142 g/mol. The molecule has 0 aliphatic heterocycles. The van der Waals surface area contributed by atoms with Crippen molar-refractivity contribution in [1.29, 1.82) is 5.26 Å². The molecule has 0 amide bonds. The van der Waals surface area contributed by atoms with Crippen LogP contribution in [0.3, 0.4) is 0 Å². The number of nitrogens with zero attached hydrogens (tertiary/aromatic N) is 3. The van der Waals surface area contributed by atoms with Gasteiger partial charge in [0.15, 0.2) is 0 Å². The molecule has 0 unspecified atom stereocenters. The van der Waals surface area contributed by atoms with Gasteiger partial charge in [-0.15, -0.1) is 0 Å². The molecule has 0 atom stereocenters. The first kappa shape index (κ1) is 7.48. The summed E-state index contributed by atoms with van der Waals surface area (Å²) in [6.07, 6.45) is 1.50. The molecule has 56 valence electrons. The number of carbonyl (C=O) groups excluding carboxylic acids is 1. The second-order valence-electron chi connectivity index (χ2n) is 2.22. The second kappa shape index (κ2) is 2.54. The van der Waals surface area contributed by atoms with Gasteiger partial charge < -0.3 is 0 Å². The minimum Gasteiger partial charge on any atom is -0.273 e. The Kier molecular flexibility index (Phi) is 1.73. The maximum absolute atomic E-state index is 10.8. The van der Waals surface area contributed by atoms with Gasteiger partial charge in [-0.2, -0.15) is 15.0 Å². The molecule has 0 spiro atoms. The van der Waals surface area contributed by atoms with Crippen molar-refractivity contribution in [3.63, 3.8) is 0 Å². The summed E-state index contributed by atoms with van der Waals surface area (Å²) in [5, 5.41) is 12.3.